The van der Waals surface area contributed by atoms with E-state index in [9.17, 15) is 0 Å². The van der Waals surface area contributed by atoms with Gasteiger partial charge in [0.25, 0.3) is 0 Å². The number of nitrogens with zero attached hydrogens (tertiary/aromatic N) is 2. The summed E-state index contributed by atoms with van der Waals surface area (Å²) in [5, 5.41) is 0. The molecule has 2 rings (SSSR count). The fraction of sp³-hybridized carbons (Fsp3) is 0.455. The molecule has 2 heterocycles. The van der Waals surface area contributed by atoms with Crippen molar-refractivity contribution < 1.29 is 9.15 Å². The highest BCUT2D eigenvalue weighted by atomic mass is 16.5. The second-order valence-corrected chi connectivity index (χ2v) is 3.31. The number of aryl methyl sites for hydroxylation is 1. The van der Waals surface area contributed by atoms with Crippen molar-refractivity contribution in [3.05, 3.63) is 23.7 Å². The van der Waals surface area contributed by atoms with E-state index in [0.29, 0.717) is 18.4 Å². The zero-order valence-electron chi connectivity index (χ0n) is 8.93. The Morgan fingerprint density at radius 3 is 3.27 bits per heavy atom. The van der Waals surface area contributed by atoms with E-state index in [1.165, 1.54) is 0 Å². The van der Waals surface area contributed by atoms with Gasteiger partial charge < -0.3 is 9.15 Å². The number of aromatic nitrogens is 1. The van der Waals surface area contributed by atoms with Crippen molar-refractivity contribution in [3.8, 4) is 0 Å². The minimum absolute atomic E-state index is 0.0452. The predicted octanol–water partition coefficient (Wildman–Crippen LogP) is 2.72. The minimum atomic E-state index is -0.0452. The zero-order chi connectivity index (χ0) is 10.7. The molecule has 0 radical (unpaired) electrons. The van der Waals surface area contributed by atoms with Crippen molar-refractivity contribution in [2.75, 3.05) is 6.61 Å². The average molecular weight is 206 g/mol. The third-order valence-corrected chi connectivity index (χ3v) is 2.18. The molecule has 4 nitrogen and oxygen atoms in total. The van der Waals surface area contributed by atoms with E-state index in [-0.39, 0.29) is 6.10 Å². The number of hydrogen-bond acceptors (Lipinski definition) is 4. The SMILES string of the molecule is CCOC1CC=CC=Nc2oc(C)nc21. The molecule has 4 heteroatoms. The van der Waals surface area contributed by atoms with Crippen LogP contribution in [-0.2, 0) is 4.74 Å². The van der Waals surface area contributed by atoms with Crippen LogP contribution in [0.1, 0.15) is 31.0 Å². The molecule has 15 heavy (non-hydrogen) atoms. The molecule has 0 saturated heterocycles. The summed E-state index contributed by atoms with van der Waals surface area (Å²) in [5.74, 6) is 1.19. The molecule has 0 spiro atoms. The summed E-state index contributed by atoms with van der Waals surface area (Å²) in [7, 11) is 0. The Balaban J connectivity index is 2.37. The van der Waals surface area contributed by atoms with E-state index in [1.54, 1.807) is 6.21 Å². The van der Waals surface area contributed by atoms with Gasteiger partial charge in [-0.15, -0.1) is 0 Å². The molecule has 1 aromatic rings. The van der Waals surface area contributed by atoms with Gasteiger partial charge in [0.2, 0.25) is 5.88 Å². The van der Waals surface area contributed by atoms with Gasteiger partial charge in [-0.25, -0.2) is 9.98 Å². The second kappa shape index (κ2) is 4.40. The first kappa shape index (κ1) is 10.1. The van der Waals surface area contributed by atoms with Crippen LogP contribution in [0.5, 0.6) is 0 Å². The number of ether oxygens (including phenoxy) is 1. The zero-order valence-corrected chi connectivity index (χ0v) is 8.93. The maximum Gasteiger partial charge on any atom is 0.245 e. The van der Waals surface area contributed by atoms with Gasteiger partial charge in [-0.2, -0.15) is 0 Å². The van der Waals surface area contributed by atoms with Gasteiger partial charge in [-0.1, -0.05) is 6.08 Å². The van der Waals surface area contributed by atoms with Crippen LogP contribution in [0.3, 0.4) is 0 Å². The van der Waals surface area contributed by atoms with Gasteiger partial charge in [0, 0.05) is 19.7 Å². The summed E-state index contributed by atoms with van der Waals surface area (Å²) in [6.07, 6.45) is 6.39. The summed E-state index contributed by atoms with van der Waals surface area (Å²) >= 11 is 0. The molecule has 0 bridgehead atoms. The largest absolute Gasteiger partial charge is 0.423 e. The van der Waals surface area contributed by atoms with Crippen LogP contribution in [0, 0.1) is 6.92 Å². The van der Waals surface area contributed by atoms with Crippen LogP contribution in [0.4, 0.5) is 5.88 Å². The summed E-state index contributed by atoms with van der Waals surface area (Å²) in [6.45, 7) is 4.45. The summed E-state index contributed by atoms with van der Waals surface area (Å²) in [5.41, 5.74) is 0.801. The van der Waals surface area contributed by atoms with Crippen molar-refractivity contribution in [3.63, 3.8) is 0 Å². The molecule has 1 aromatic heterocycles. The third-order valence-electron chi connectivity index (χ3n) is 2.18. The first-order valence-electron chi connectivity index (χ1n) is 5.09. The molecule has 1 aliphatic heterocycles. The quantitative estimate of drug-likeness (QED) is 0.747. The van der Waals surface area contributed by atoms with Crippen molar-refractivity contribution in [2.45, 2.75) is 26.4 Å². The van der Waals surface area contributed by atoms with Crippen LogP contribution in [-0.4, -0.2) is 17.8 Å². The molecule has 1 atom stereocenters. The van der Waals surface area contributed by atoms with E-state index in [4.69, 9.17) is 9.15 Å². The van der Waals surface area contributed by atoms with Gasteiger partial charge in [0.15, 0.2) is 5.89 Å². The molecule has 1 unspecified atom stereocenters. The standard InChI is InChI=1S/C11H14N2O2/c1-3-14-9-6-4-5-7-12-11-10(9)13-8(2)15-11/h4-5,7,9H,3,6H2,1-2H3. The number of hydrogen-bond donors (Lipinski definition) is 0. The topological polar surface area (TPSA) is 47.6 Å². The Kier molecular flexibility index (Phi) is 2.97. The highest BCUT2D eigenvalue weighted by molar-refractivity contribution is 5.74. The summed E-state index contributed by atoms with van der Waals surface area (Å²) < 4.78 is 11.0. The summed E-state index contributed by atoms with van der Waals surface area (Å²) in [6, 6.07) is 0. The number of oxazole rings is 1. The number of fused-ring (bicyclic) bond motifs is 1. The molecular weight excluding hydrogens is 192 g/mol. The Labute approximate surface area is 88.7 Å². The Hall–Kier alpha value is -1.42. The molecule has 1 aliphatic rings. The lowest BCUT2D eigenvalue weighted by atomic mass is 10.1. The van der Waals surface area contributed by atoms with E-state index in [0.717, 1.165) is 12.1 Å². The minimum Gasteiger partial charge on any atom is -0.423 e. The van der Waals surface area contributed by atoms with Gasteiger partial charge in [0.05, 0.1) is 0 Å². The molecular formula is C11H14N2O2. The third kappa shape index (κ3) is 2.15. The Morgan fingerprint density at radius 1 is 1.60 bits per heavy atom. The van der Waals surface area contributed by atoms with E-state index in [2.05, 4.69) is 9.98 Å². The summed E-state index contributed by atoms with van der Waals surface area (Å²) in [4.78, 5) is 8.49. The maximum atomic E-state index is 5.61. The van der Waals surface area contributed by atoms with Gasteiger partial charge in [0.1, 0.15) is 11.8 Å². The molecule has 0 N–H and O–H groups in total. The van der Waals surface area contributed by atoms with E-state index < -0.39 is 0 Å². The lowest BCUT2D eigenvalue weighted by Crippen LogP contribution is -2.05. The number of rotatable bonds is 2. The van der Waals surface area contributed by atoms with Gasteiger partial charge in [-0.3, -0.25) is 0 Å². The lowest BCUT2D eigenvalue weighted by molar-refractivity contribution is 0.0621. The molecule has 0 saturated carbocycles. The van der Waals surface area contributed by atoms with Crippen LogP contribution in [0.25, 0.3) is 0 Å². The van der Waals surface area contributed by atoms with Crippen LogP contribution < -0.4 is 0 Å². The Morgan fingerprint density at radius 2 is 2.47 bits per heavy atom. The van der Waals surface area contributed by atoms with Crippen LogP contribution in [0.15, 0.2) is 21.6 Å². The lowest BCUT2D eigenvalue weighted by Gasteiger charge is -2.13. The highest BCUT2D eigenvalue weighted by Crippen LogP contribution is 2.31. The molecule has 0 fully saturated rings. The first-order chi connectivity index (χ1) is 7.31. The van der Waals surface area contributed by atoms with Crippen molar-refractivity contribution in [1.82, 2.24) is 4.98 Å². The normalized spacial score (nSPS) is 19.7. The van der Waals surface area contributed by atoms with Crippen molar-refractivity contribution in [2.24, 2.45) is 4.99 Å². The smallest absolute Gasteiger partial charge is 0.245 e. The first-order valence-corrected chi connectivity index (χ1v) is 5.09. The molecule has 0 aromatic carbocycles. The van der Waals surface area contributed by atoms with Crippen molar-refractivity contribution in [1.29, 1.82) is 0 Å². The predicted molar refractivity (Wildman–Crippen MR) is 57.5 cm³/mol. The van der Waals surface area contributed by atoms with Crippen LogP contribution >= 0.6 is 0 Å². The second-order valence-electron chi connectivity index (χ2n) is 3.31. The van der Waals surface area contributed by atoms with Gasteiger partial charge >= 0.3 is 0 Å². The molecule has 80 valence electrons. The van der Waals surface area contributed by atoms with E-state index >= 15 is 0 Å². The van der Waals surface area contributed by atoms with Crippen molar-refractivity contribution >= 4 is 12.1 Å². The fourth-order valence-electron chi connectivity index (χ4n) is 1.57. The number of aliphatic imine (C=N–C) groups is 1. The number of allylic oxidation sites excluding steroid dienone is 1. The average Bonchev–Trinajstić information content (AvgIpc) is 2.54. The van der Waals surface area contributed by atoms with Crippen LogP contribution in [0.2, 0.25) is 0 Å². The monoisotopic (exact) mass is 206 g/mol. The Bertz CT molecular complexity index is 393. The fourth-order valence-corrected chi connectivity index (χ4v) is 1.57. The molecule has 0 amide bonds. The van der Waals surface area contributed by atoms with Gasteiger partial charge in [-0.05, 0) is 19.4 Å². The molecule has 0 aliphatic carbocycles. The maximum absolute atomic E-state index is 5.61. The highest BCUT2D eigenvalue weighted by Gasteiger charge is 2.21. The van der Waals surface area contributed by atoms with E-state index in [1.807, 2.05) is 26.0 Å².